The van der Waals surface area contributed by atoms with Crippen molar-refractivity contribution in [2.24, 2.45) is 5.92 Å². The van der Waals surface area contributed by atoms with Gasteiger partial charge in [0.25, 0.3) is 5.91 Å². The van der Waals surface area contributed by atoms with Crippen LogP contribution in [0.5, 0.6) is 0 Å². The second-order valence-corrected chi connectivity index (χ2v) is 7.81. The molecular formula is C21H21BrN4O. The molecule has 3 heterocycles. The van der Waals surface area contributed by atoms with Crippen molar-refractivity contribution in [1.29, 1.82) is 0 Å². The number of pyridine rings is 1. The third kappa shape index (κ3) is 4.11. The zero-order chi connectivity index (χ0) is 18.6. The molecule has 5 nitrogen and oxygen atoms in total. The molecule has 4 rings (SSSR count). The maximum absolute atomic E-state index is 12.7. The van der Waals surface area contributed by atoms with E-state index >= 15 is 0 Å². The highest BCUT2D eigenvalue weighted by molar-refractivity contribution is 9.10. The van der Waals surface area contributed by atoms with Gasteiger partial charge in [0.1, 0.15) is 5.82 Å². The van der Waals surface area contributed by atoms with Crippen LogP contribution in [0, 0.1) is 5.92 Å². The topological polar surface area (TPSA) is 51.0 Å². The quantitative estimate of drug-likeness (QED) is 0.628. The maximum Gasteiger partial charge on any atom is 0.255 e. The average Bonchev–Trinajstić information content (AvgIpc) is 3.17. The Morgan fingerprint density at radius 3 is 2.67 bits per heavy atom. The van der Waals surface area contributed by atoms with Gasteiger partial charge in [-0.05, 0) is 40.8 Å². The van der Waals surface area contributed by atoms with Gasteiger partial charge in [0.05, 0.1) is 5.56 Å². The Morgan fingerprint density at radius 1 is 1.15 bits per heavy atom. The summed E-state index contributed by atoms with van der Waals surface area (Å²) in [5, 5.41) is 0. The Balaban J connectivity index is 1.38. The summed E-state index contributed by atoms with van der Waals surface area (Å²) in [7, 11) is 0. The number of carbonyl (C=O) groups is 1. The number of amides is 1. The van der Waals surface area contributed by atoms with Crippen LogP contribution in [0.1, 0.15) is 23.2 Å². The first-order valence-corrected chi connectivity index (χ1v) is 9.96. The molecule has 1 fully saturated rings. The molecule has 1 saturated heterocycles. The number of carbonyl (C=O) groups excluding carboxylic acids is 1. The SMILES string of the molecule is O=C(c1cncc(Br)c1)N1CCC(Cn2ccnc2-c2ccccc2)CC1. The summed E-state index contributed by atoms with van der Waals surface area (Å²) in [4.78, 5) is 23.2. The summed E-state index contributed by atoms with van der Waals surface area (Å²) in [5.41, 5.74) is 1.78. The van der Waals surface area contributed by atoms with Gasteiger partial charge in [0.2, 0.25) is 0 Å². The number of benzene rings is 1. The van der Waals surface area contributed by atoms with Crippen LogP contribution >= 0.6 is 15.9 Å². The van der Waals surface area contributed by atoms with E-state index < -0.39 is 0 Å². The van der Waals surface area contributed by atoms with Crippen molar-refractivity contribution < 1.29 is 4.79 Å². The van der Waals surface area contributed by atoms with Crippen molar-refractivity contribution in [2.45, 2.75) is 19.4 Å². The number of aromatic nitrogens is 3. The van der Waals surface area contributed by atoms with Crippen molar-refractivity contribution >= 4 is 21.8 Å². The van der Waals surface area contributed by atoms with E-state index in [2.05, 4.69) is 42.6 Å². The zero-order valence-electron chi connectivity index (χ0n) is 15.0. The molecule has 6 heteroatoms. The molecular weight excluding hydrogens is 404 g/mol. The van der Waals surface area contributed by atoms with E-state index in [1.54, 1.807) is 12.4 Å². The van der Waals surface area contributed by atoms with Crippen LogP contribution in [0.3, 0.4) is 0 Å². The molecule has 0 atom stereocenters. The Hall–Kier alpha value is -2.47. The second kappa shape index (κ2) is 8.05. The predicted octanol–water partition coefficient (Wildman–Crippen LogP) is 4.26. The smallest absolute Gasteiger partial charge is 0.255 e. The Morgan fingerprint density at radius 2 is 1.93 bits per heavy atom. The number of nitrogens with zero attached hydrogens (tertiary/aromatic N) is 4. The van der Waals surface area contributed by atoms with Gasteiger partial charge in [-0.2, -0.15) is 0 Å². The van der Waals surface area contributed by atoms with E-state index in [0.29, 0.717) is 11.5 Å². The number of halogens is 1. The highest BCUT2D eigenvalue weighted by Gasteiger charge is 2.24. The first kappa shape index (κ1) is 17.9. The molecule has 1 aromatic carbocycles. The number of hydrogen-bond donors (Lipinski definition) is 0. The number of rotatable bonds is 4. The fourth-order valence-electron chi connectivity index (χ4n) is 3.61. The van der Waals surface area contributed by atoms with Crippen LogP contribution in [0.25, 0.3) is 11.4 Å². The molecule has 2 aromatic heterocycles. The summed E-state index contributed by atoms with van der Waals surface area (Å²) < 4.78 is 3.06. The number of hydrogen-bond acceptors (Lipinski definition) is 3. The lowest BCUT2D eigenvalue weighted by Gasteiger charge is -2.32. The van der Waals surface area contributed by atoms with Crippen LogP contribution in [-0.2, 0) is 6.54 Å². The Kier molecular flexibility index (Phi) is 5.34. The van der Waals surface area contributed by atoms with Crippen molar-refractivity contribution in [2.75, 3.05) is 13.1 Å². The van der Waals surface area contributed by atoms with Gasteiger partial charge in [-0.1, -0.05) is 30.3 Å². The minimum atomic E-state index is 0.0647. The van der Waals surface area contributed by atoms with E-state index in [0.717, 1.165) is 48.3 Å². The van der Waals surface area contributed by atoms with E-state index in [4.69, 9.17) is 0 Å². The van der Waals surface area contributed by atoms with Crippen LogP contribution in [-0.4, -0.2) is 38.4 Å². The monoisotopic (exact) mass is 424 g/mol. The minimum Gasteiger partial charge on any atom is -0.339 e. The third-order valence-electron chi connectivity index (χ3n) is 5.06. The van der Waals surface area contributed by atoms with Gasteiger partial charge in [-0.3, -0.25) is 9.78 Å². The normalized spacial score (nSPS) is 15.1. The summed E-state index contributed by atoms with van der Waals surface area (Å²) in [6, 6.07) is 12.1. The summed E-state index contributed by atoms with van der Waals surface area (Å²) >= 11 is 3.38. The van der Waals surface area contributed by atoms with E-state index in [1.807, 2.05) is 41.6 Å². The zero-order valence-corrected chi connectivity index (χ0v) is 16.5. The van der Waals surface area contributed by atoms with Crippen molar-refractivity contribution in [3.05, 3.63) is 71.2 Å². The molecule has 0 saturated carbocycles. The fraction of sp³-hybridized carbons (Fsp3) is 0.286. The Labute approximate surface area is 167 Å². The van der Waals surface area contributed by atoms with Crippen LogP contribution in [0.15, 0.2) is 65.7 Å². The lowest BCUT2D eigenvalue weighted by atomic mass is 9.96. The summed E-state index contributed by atoms with van der Waals surface area (Å²) in [6.45, 7) is 2.50. The molecule has 1 aliphatic rings. The highest BCUT2D eigenvalue weighted by atomic mass is 79.9. The molecule has 0 bridgehead atoms. The Bertz CT molecular complexity index is 917. The largest absolute Gasteiger partial charge is 0.339 e. The predicted molar refractivity (Wildman–Crippen MR) is 108 cm³/mol. The molecule has 1 amide bonds. The molecule has 1 aliphatic heterocycles. The molecule has 0 N–H and O–H groups in total. The van der Waals surface area contributed by atoms with Gasteiger partial charge in [-0.15, -0.1) is 0 Å². The number of piperidine rings is 1. The molecule has 0 unspecified atom stereocenters. The van der Waals surface area contributed by atoms with E-state index in [-0.39, 0.29) is 5.91 Å². The number of imidazole rings is 1. The van der Waals surface area contributed by atoms with Gasteiger partial charge in [-0.25, -0.2) is 4.98 Å². The summed E-state index contributed by atoms with van der Waals surface area (Å²) in [5.74, 6) is 1.62. The maximum atomic E-state index is 12.7. The first-order chi connectivity index (χ1) is 13.2. The highest BCUT2D eigenvalue weighted by Crippen LogP contribution is 2.24. The van der Waals surface area contributed by atoms with Gasteiger partial charge in [0, 0.05) is 54.5 Å². The first-order valence-electron chi connectivity index (χ1n) is 9.17. The van der Waals surface area contributed by atoms with Gasteiger partial charge < -0.3 is 9.47 Å². The molecule has 138 valence electrons. The molecule has 3 aromatic rings. The summed E-state index contributed by atoms with van der Waals surface area (Å²) in [6.07, 6.45) is 9.24. The second-order valence-electron chi connectivity index (χ2n) is 6.90. The third-order valence-corrected chi connectivity index (χ3v) is 5.49. The lowest BCUT2D eigenvalue weighted by Crippen LogP contribution is -2.39. The van der Waals surface area contributed by atoms with E-state index in [1.165, 1.54) is 0 Å². The van der Waals surface area contributed by atoms with Crippen LogP contribution in [0.4, 0.5) is 0 Å². The molecule has 0 radical (unpaired) electrons. The number of likely N-dealkylation sites (tertiary alicyclic amines) is 1. The minimum absolute atomic E-state index is 0.0647. The van der Waals surface area contributed by atoms with Crippen molar-refractivity contribution in [3.8, 4) is 11.4 Å². The molecule has 0 spiro atoms. The van der Waals surface area contributed by atoms with Crippen molar-refractivity contribution in [1.82, 2.24) is 19.4 Å². The lowest BCUT2D eigenvalue weighted by molar-refractivity contribution is 0.0682. The standard InChI is InChI=1S/C21H21BrN4O/c22-19-12-18(13-23-14-19)21(27)25-9-6-16(7-10-25)15-26-11-8-24-20(26)17-4-2-1-3-5-17/h1-5,8,11-14,16H,6-7,9-10,15H2. The molecule has 27 heavy (non-hydrogen) atoms. The average molecular weight is 425 g/mol. The van der Waals surface area contributed by atoms with Gasteiger partial charge in [0.15, 0.2) is 0 Å². The van der Waals surface area contributed by atoms with Crippen LogP contribution in [0.2, 0.25) is 0 Å². The van der Waals surface area contributed by atoms with Gasteiger partial charge >= 0.3 is 0 Å². The fourth-order valence-corrected chi connectivity index (χ4v) is 3.98. The van der Waals surface area contributed by atoms with Crippen LogP contribution < -0.4 is 0 Å². The van der Waals surface area contributed by atoms with Crippen molar-refractivity contribution in [3.63, 3.8) is 0 Å². The van der Waals surface area contributed by atoms with E-state index in [9.17, 15) is 4.79 Å². The molecule has 0 aliphatic carbocycles.